The second-order valence-electron chi connectivity index (χ2n) is 9.07. The molecule has 2 heterocycles. The normalized spacial score (nSPS) is 14.3. The lowest BCUT2D eigenvalue weighted by atomic mass is 10.0. The first-order valence-electron chi connectivity index (χ1n) is 12.3. The molecule has 1 aliphatic rings. The van der Waals surface area contributed by atoms with E-state index in [1.54, 1.807) is 0 Å². The number of anilines is 1. The summed E-state index contributed by atoms with van der Waals surface area (Å²) in [5.41, 5.74) is 5.10. The van der Waals surface area contributed by atoms with Gasteiger partial charge in [-0.2, -0.15) is 0 Å². The van der Waals surface area contributed by atoms with E-state index in [2.05, 4.69) is 106 Å². The van der Waals surface area contributed by atoms with Crippen molar-refractivity contribution >= 4 is 41.8 Å². The van der Waals surface area contributed by atoms with E-state index in [1.165, 1.54) is 29.5 Å². The number of likely N-dealkylation sites (tertiary alicyclic amines) is 1. The van der Waals surface area contributed by atoms with Crippen LogP contribution in [0.3, 0.4) is 0 Å². The molecule has 1 aromatic heterocycles. The number of para-hydroxylation sites is 2. The van der Waals surface area contributed by atoms with E-state index < -0.39 is 0 Å². The standard InChI is InChI=1S/C29H34N4.2ClH/c1-2-32-28-16-10-9-15-27(28)30-29(32)33(23-25-13-7-4-8-14-25)26-18-21-31(22-19-26)20-17-24-11-5-3-6-12-24;;/h3-16,26H,2,17-23H2,1H3;2*1H. The number of imidazole rings is 1. The predicted octanol–water partition coefficient (Wildman–Crippen LogP) is 6.61. The van der Waals surface area contributed by atoms with Crippen LogP contribution >= 0.6 is 24.8 Å². The number of aryl methyl sites for hydroxylation is 1. The Bertz CT molecular complexity index is 1160. The Labute approximate surface area is 221 Å². The monoisotopic (exact) mass is 510 g/mol. The molecular formula is C29H36Cl2N4. The van der Waals surface area contributed by atoms with Crippen LogP contribution in [-0.2, 0) is 19.5 Å². The van der Waals surface area contributed by atoms with Crippen LogP contribution in [-0.4, -0.2) is 40.1 Å². The summed E-state index contributed by atoms with van der Waals surface area (Å²) < 4.78 is 2.39. The van der Waals surface area contributed by atoms with Crippen molar-refractivity contribution in [1.29, 1.82) is 0 Å². The van der Waals surface area contributed by atoms with Crippen molar-refractivity contribution in [2.75, 3.05) is 24.5 Å². The lowest BCUT2D eigenvalue weighted by molar-refractivity contribution is 0.209. The molecular weight excluding hydrogens is 475 g/mol. The minimum absolute atomic E-state index is 0. The molecule has 0 radical (unpaired) electrons. The topological polar surface area (TPSA) is 24.3 Å². The van der Waals surface area contributed by atoms with Crippen LogP contribution in [0.25, 0.3) is 11.0 Å². The number of rotatable bonds is 8. The highest BCUT2D eigenvalue weighted by Gasteiger charge is 2.28. The molecule has 0 N–H and O–H groups in total. The van der Waals surface area contributed by atoms with Crippen molar-refractivity contribution in [3.05, 3.63) is 96.1 Å². The van der Waals surface area contributed by atoms with E-state index in [0.29, 0.717) is 6.04 Å². The third kappa shape index (κ3) is 6.38. The van der Waals surface area contributed by atoms with Crippen LogP contribution in [0.4, 0.5) is 5.95 Å². The average molecular weight is 512 g/mol. The molecule has 1 fully saturated rings. The fourth-order valence-corrected chi connectivity index (χ4v) is 5.12. The second kappa shape index (κ2) is 13.0. The molecule has 3 aromatic carbocycles. The predicted molar refractivity (Wildman–Crippen MR) is 152 cm³/mol. The van der Waals surface area contributed by atoms with Gasteiger partial charge in [-0.15, -0.1) is 24.8 Å². The molecule has 5 rings (SSSR count). The van der Waals surface area contributed by atoms with Gasteiger partial charge in [0.15, 0.2) is 0 Å². The van der Waals surface area contributed by atoms with Gasteiger partial charge in [0.05, 0.1) is 11.0 Å². The SMILES string of the molecule is CCn1c(N(Cc2ccccc2)C2CCN(CCc3ccccc3)CC2)nc2ccccc21.Cl.Cl. The van der Waals surface area contributed by atoms with Crippen molar-refractivity contribution in [3.63, 3.8) is 0 Å². The van der Waals surface area contributed by atoms with Crippen LogP contribution in [0.1, 0.15) is 30.9 Å². The molecule has 35 heavy (non-hydrogen) atoms. The molecule has 0 spiro atoms. The molecule has 1 saturated heterocycles. The number of halogens is 2. The minimum atomic E-state index is 0. The number of benzene rings is 3. The smallest absolute Gasteiger partial charge is 0.207 e. The molecule has 1 aliphatic heterocycles. The van der Waals surface area contributed by atoms with Gasteiger partial charge in [0.1, 0.15) is 0 Å². The first-order valence-corrected chi connectivity index (χ1v) is 12.3. The summed E-state index contributed by atoms with van der Waals surface area (Å²) in [6.45, 7) is 7.49. The van der Waals surface area contributed by atoms with Gasteiger partial charge in [0, 0.05) is 38.8 Å². The van der Waals surface area contributed by atoms with Crippen molar-refractivity contribution in [1.82, 2.24) is 14.5 Å². The van der Waals surface area contributed by atoms with Gasteiger partial charge < -0.3 is 14.4 Å². The quantitative estimate of drug-likeness (QED) is 0.266. The van der Waals surface area contributed by atoms with Gasteiger partial charge in [-0.25, -0.2) is 4.98 Å². The molecule has 0 saturated carbocycles. The number of hydrogen-bond donors (Lipinski definition) is 0. The lowest BCUT2D eigenvalue weighted by Gasteiger charge is -2.39. The zero-order valence-corrected chi connectivity index (χ0v) is 22.1. The fraction of sp³-hybridized carbons (Fsp3) is 0.345. The Hall–Kier alpha value is -2.53. The van der Waals surface area contributed by atoms with E-state index in [9.17, 15) is 0 Å². The third-order valence-corrected chi connectivity index (χ3v) is 6.96. The molecule has 6 heteroatoms. The second-order valence-corrected chi connectivity index (χ2v) is 9.07. The van der Waals surface area contributed by atoms with Crippen molar-refractivity contribution < 1.29 is 0 Å². The van der Waals surface area contributed by atoms with E-state index in [4.69, 9.17) is 4.98 Å². The lowest BCUT2D eigenvalue weighted by Crippen LogP contribution is -2.46. The Balaban J connectivity index is 0.00000171. The van der Waals surface area contributed by atoms with E-state index >= 15 is 0 Å². The molecule has 4 nitrogen and oxygen atoms in total. The fourth-order valence-electron chi connectivity index (χ4n) is 5.12. The van der Waals surface area contributed by atoms with Crippen molar-refractivity contribution in [2.45, 2.75) is 45.3 Å². The average Bonchev–Trinajstić information content (AvgIpc) is 3.26. The highest BCUT2D eigenvalue weighted by molar-refractivity contribution is 5.85. The van der Waals surface area contributed by atoms with Crippen LogP contribution in [0.15, 0.2) is 84.9 Å². The van der Waals surface area contributed by atoms with Gasteiger partial charge in [-0.1, -0.05) is 72.8 Å². The Morgan fingerprint density at radius 3 is 2.06 bits per heavy atom. The Morgan fingerprint density at radius 2 is 1.40 bits per heavy atom. The first kappa shape index (κ1) is 27.1. The summed E-state index contributed by atoms with van der Waals surface area (Å²) in [6, 6.07) is 30.8. The number of aromatic nitrogens is 2. The van der Waals surface area contributed by atoms with Gasteiger partial charge in [-0.3, -0.25) is 0 Å². The maximum atomic E-state index is 5.13. The molecule has 0 aliphatic carbocycles. The summed E-state index contributed by atoms with van der Waals surface area (Å²) in [7, 11) is 0. The Kier molecular flexibility index (Phi) is 10.0. The van der Waals surface area contributed by atoms with Gasteiger partial charge >= 0.3 is 0 Å². The minimum Gasteiger partial charge on any atom is -0.335 e. The molecule has 0 unspecified atom stereocenters. The summed E-state index contributed by atoms with van der Waals surface area (Å²) in [5, 5.41) is 0. The molecule has 0 amide bonds. The summed E-state index contributed by atoms with van der Waals surface area (Å²) in [5.74, 6) is 1.12. The summed E-state index contributed by atoms with van der Waals surface area (Å²) in [4.78, 5) is 10.3. The van der Waals surface area contributed by atoms with Crippen LogP contribution < -0.4 is 4.90 Å². The maximum Gasteiger partial charge on any atom is 0.207 e. The van der Waals surface area contributed by atoms with Gasteiger partial charge in [0.25, 0.3) is 0 Å². The summed E-state index contributed by atoms with van der Waals surface area (Å²) >= 11 is 0. The molecule has 0 bridgehead atoms. The molecule has 4 aromatic rings. The molecule has 186 valence electrons. The van der Waals surface area contributed by atoms with Crippen LogP contribution in [0.5, 0.6) is 0 Å². The number of nitrogens with zero attached hydrogens (tertiary/aromatic N) is 4. The Morgan fingerprint density at radius 1 is 0.800 bits per heavy atom. The third-order valence-electron chi connectivity index (χ3n) is 6.96. The number of fused-ring (bicyclic) bond motifs is 1. The number of hydrogen-bond acceptors (Lipinski definition) is 3. The van der Waals surface area contributed by atoms with Crippen LogP contribution in [0, 0.1) is 0 Å². The van der Waals surface area contributed by atoms with Crippen molar-refractivity contribution in [3.8, 4) is 0 Å². The number of piperidine rings is 1. The van der Waals surface area contributed by atoms with Crippen molar-refractivity contribution in [2.24, 2.45) is 0 Å². The van der Waals surface area contributed by atoms with Gasteiger partial charge in [0.2, 0.25) is 5.95 Å². The van der Waals surface area contributed by atoms with Gasteiger partial charge in [-0.05, 0) is 49.4 Å². The molecule has 0 atom stereocenters. The van der Waals surface area contributed by atoms with E-state index in [-0.39, 0.29) is 24.8 Å². The van der Waals surface area contributed by atoms with Crippen LogP contribution in [0.2, 0.25) is 0 Å². The zero-order valence-electron chi connectivity index (χ0n) is 20.4. The first-order chi connectivity index (χ1) is 16.3. The van der Waals surface area contributed by atoms with E-state index in [1.807, 2.05) is 0 Å². The zero-order chi connectivity index (χ0) is 22.5. The highest BCUT2D eigenvalue weighted by atomic mass is 35.5. The largest absolute Gasteiger partial charge is 0.335 e. The summed E-state index contributed by atoms with van der Waals surface area (Å²) in [6.07, 6.45) is 3.48. The van der Waals surface area contributed by atoms with E-state index in [0.717, 1.165) is 50.6 Å². The highest BCUT2D eigenvalue weighted by Crippen LogP contribution is 2.29. The maximum absolute atomic E-state index is 5.13.